The molecule has 8 heteroatoms. The van der Waals surface area contributed by atoms with E-state index in [0.29, 0.717) is 34.2 Å². The first-order chi connectivity index (χ1) is 11.9. The van der Waals surface area contributed by atoms with Crippen LogP contribution in [0.25, 0.3) is 0 Å². The minimum Gasteiger partial charge on any atom is -0.383 e. The molecule has 0 radical (unpaired) electrons. The zero-order chi connectivity index (χ0) is 19.7. The molecule has 4 rings (SSSR count). The Hall–Kier alpha value is -0.370. The largest absolute Gasteiger partial charge is 0.383 e. The van der Waals surface area contributed by atoms with E-state index in [4.69, 9.17) is 27.8 Å². The lowest BCUT2D eigenvalue weighted by atomic mass is 9.57. The van der Waals surface area contributed by atoms with Crippen LogP contribution in [0.15, 0.2) is 18.2 Å². The van der Waals surface area contributed by atoms with Gasteiger partial charge in [-0.1, -0.05) is 43.1 Å². The zero-order valence-corrected chi connectivity index (χ0v) is 17.6. The van der Waals surface area contributed by atoms with Gasteiger partial charge in [0.15, 0.2) is 0 Å². The maximum atomic E-state index is 11.6. The predicted octanol–water partition coefficient (Wildman–Crippen LogP) is 3.87. The molecule has 148 valence electrons. The fraction of sp³-hybridized carbons (Fsp3) is 0.667. The summed E-state index contributed by atoms with van der Waals surface area (Å²) in [6.07, 6.45) is 5.32. The van der Waals surface area contributed by atoms with Gasteiger partial charge in [-0.2, -0.15) is 8.42 Å². The average molecular weight is 424 g/mol. The van der Waals surface area contributed by atoms with E-state index in [1.165, 1.54) is 12.8 Å². The normalized spacial score (nSPS) is 30.8. The van der Waals surface area contributed by atoms with Gasteiger partial charge >= 0.3 is 0 Å². The van der Waals surface area contributed by atoms with Crippen LogP contribution in [0.1, 0.15) is 45.1 Å². The molecule has 2 bridgehead atoms. The van der Waals surface area contributed by atoms with Gasteiger partial charge in [0.2, 0.25) is 0 Å². The van der Waals surface area contributed by atoms with Crippen molar-refractivity contribution < 1.29 is 18.1 Å². The maximum Gasteiger partial charge on any atom is 0.261 e. The monoisotopic (exact) mass is 423 g/mol. The summed E-state index contributed by atoms with van der Waals surface area (Å²) < 4.78 is 25.9. The molecule has 3 aliphatic carbocycles. The molecular weight excluding hydrogens is 397 g/mol. The summed E-state index contributed by atoms with van der Waals surface area (Å²) in [6.45, 7) is 4.27. The van der Waals surface area contributed by atoms with E-state index in [0.717, 1.165) is 18.4 Å². The zero-order valence-electron chi connectivity index (χ0n) is 15.2. The molecule has 2 atom stereocenters. The minimum atomic E-state index is -3.67. The molecule has 0 spiro atoms. The molecule has 3 fully saturated rings. The number of hydrogen-bond donors (Lipinski definition) is 3. The van der Waals surface area contributed by atoms with Crippen molar-refractivity contribution in [3.8, 4) is 0 Å². The first-order valence-corrected chi connectivity index (χ1v) is 11.4. The summed E-state index contributed by atoms with van der Waals surface area (Å²) in [5.74, 6) is 0.841. The highest BCUT2D eigenvalue weighted by Gasteiger charge is 2.54. The Labute approximate surface area is 165 Å². The topological polar surface area (TPSA) is 86.6 Å². The van der Waals surface area contributed by atoms with Gasteiger partial charge in [-0.15, -0.1) is 0 Å². The van der Waals surface area contributed by atoms with Crippen LogP contribution in [-0.4, -0.2) is 36.4 Å². The number of hydrogen-bond acceptors (Lipinski definition) is 4. The third-order valence-corrected chi connectivity index (χ3v) is 5.97. The van der Waals surface area contributed by atoms with Crippen LogP contribution < -0.4 is 5.32 Å². The standard InChI is InChI=1S/C17H23Cl2NO.CH4O3S/c1-10(2)20-16-11-3-5-12(6-4-11)17(16,21)13-7-8-14(18)15(19)9-13;1-5(2,3)4/h7-12,16,20-21H,3-6H2,1-2H3;1H3,(H,2,3,4)/t11?,12?,16-,17-;/m0./s1. The summed E-state index contributed by atoms with van der Waals surface area (Å²) in [4.78, 5) is 0. The van der Waals surface area contributed by atoms with Crippen molar-refractivity contribution in [1.29, 1.82) is 0 Å². The lowest BCUT2D eigenvalue weighted by Gasteiger charge is -2.55. The number of nitrogens with one attached hydrogen (secondary N) is 1. The molecule has 3 aliphatic rings. The third kappa shape index (κ3) is 5.12. The molecule has 0 heterocycles. The SMILES string of the molecule is CC(C)N[C@H]1C2CCC(CC2)[C@]1(O)c1ccc(Cl)c(Cl)c1.CS(=O)(=O)O. The van der Waals surface area contributed by atoms with Crippen LogP contribution in [0, 0.1) is 11.8 Å². The number of rotatable bonds is 3. The van der Waals surface area contributed by atoms with E-state index < -0.39 is 15.7 Å². The molecule has 0 amide bonds. The molecule has 5 nitrogen and oxygen atoms in total. The van der Waals surface area contributed by atoms with E-state index in [9.17, 15) is 13.5 Å². The van der Waals surface area contributed by atoms with Crippen molar-refractivity contribution in [3.05, 3.63) is 33.8 Å². The van der Waals surface area contributed by atoms with Crippen LogP contribution >= 0.6 is 23.2 Å². The number of halogens is 2. The van der Waals surface area contributed by atoms with Gasteiger partial charge in [0.25, 0.3) is 10.1 Å². The van der Waals surface area contributed by atoms with Gasteiger partial charge in [-0.05, 0) is 55.2 Å². The third-order valence-electron chi connectivity index (χ3n) is 5.23. The fourth-order valence-corrected chi connectivity index (χ4v) is 4.59. The molecular formula is C18H27Cl2NO4S. The highest BCUT2D eigenvalue weighted by molar-refractivity contribution is 7.85. The predicted molar refractivity (Wildman–Crippen MR) is 105 cm³/mol. The first kappa shape index (κ1) is 21.9. The molecule has 3 saturated carbocycles. The fourth-order valence-electron chi connectivity index (χ4n) is 4.29. The minimum absolute atomic E-state index is 0.0993. The van der Waals surface area contributed by atoms with Gasteiger partial charge in [-0.3, -0.25) is 4.55 Å². The van der Waals surface area contributed by atoms with Crippen LogP contribution in [0.4, 0.5) is 0 Å². The maximum absolute atomic E-state index is 11.6. The Morgan fingerprint density at radius 2 is 1.69 bits per heavy atom. The second-order valence-corrected chi connectivity index (χ2v) is 9.88. The second kappa shape index (κ2) is 8.33. The van der Waals surface area contributed by atoms with Gasteiger partial charge in [0.1, 0.15) is 5.60 Å². The summed E-state index contributed by atoms with van der Waals surface area (Å²) in [5.41, 5.74) is 0.0732. The highest BCUT2D eigenvalue weighted by Crippen LogP contribution is 2.53. The number of aliphatic hydroxyl groups is 1. The molecule has 26 heavy (non-hydrogen) atoms. The molecule has 0 saturated heterocycles. The van der Waals surface area contributed by atoms with Crippen LogP contribution in [0.5, 0.6) is 0 Å². The smallest absolute Gasteiger partial charge is 0.261 e. The number of fused-ring (bicyclic) bond motifs is 3. The van der Waals surface area contributed by atoms with Crippen molar-refractivity contribution in [2.75, 3.05) is 6.26 Å². The Morgan fingerprint density at radius 1 is 1.15 bits per heavy atom. The van der Waals surface area contributed by atoms with Gasteiger partial charge < -0.3 is 10.4 Å². The summed E-state index contributed by atoms with van der Waals surface area (Å²) in [5, 5.41) is 16.3. The Balaban J connectivity index is 0.000000431. The van der Waals surface area contributed by atoms with Crippen LogP contribution in [0.2, 0.25) is 10.0 Å². The van der Waals surface area contributed by atoms with Crippen molar-refractivity contribution in [3.63, 3.8) is 0 Å². The Morgan fingerprint density at radius 3 is 2.15 bits per heavy atom. The lowest BCUT2D eigenvalue weighted by molar-refractivity contribution is -0.134. The average Bonchev–Trinajstić information content (AvgIpc) is 2.52. The molecule has 0 aromatic heterocycles. The molecule has 1 aromatic rings. The quantitative estimate of drug-likeness (QED) is 0.642. The van der Waals surface area contributed by atoms with E-state index in [-0.39, 0.29) is 6.04 Å². The van der Waals surface area contributed by atoms with Crippen molar-refractivity contribution in [2.45, 2.75) is 57.2 Å². The van der Waals surface area contributed by atoms with E-state index >= 15 is 0 Å². The summed E-state index contributed by atoms with van der Waals surface area (Å²) >= 11 is 12.2. The number of benzene rings is 1. The van der Waals surface area contributed by atoms with Crippen LogP contribution in [0.3, 0.4) is 0 Å². The van der Waals surface area contributed by atoms with Gasteiger partial charge in [-0.25, -0.2) is 0 Å². The van der Waals surface area contributed by atoms with Crippen molar-refractivity contribution in [2.24, 2.45) is 11.8 Å². The Bertz CT molecular complexity index is 725. The molecule has 0 unspecified atom stereocenters. The first-order valence-electron chi connectivity index (χ1n) is 8.79. The molecule has 0 aliphatic heterocycles. The Kier molecular flexibility index (Phi) is 7.03. The second-order valence-electron chi connectivity index (χ2n) is 7.60. The summed E-state index contributed by atoms with van der Waals surface area (Å²) in [6, 6.07) is 6.03. The molecule has 1 aromatic carbocycles. The van der Waals surface area contributed by atoms with Gasteiger partial charge in [0, 0.05) is 12.1 Å². The van der Waals surface area contributed by atoms with E-state index in [1.54, 1.807) is 6.07 Å². The van der Waals surface area contributed by atoms with Gasteiger partial charge in [0.05, 0.1) is 16.3 Å². The van der Waals surface area contributed by atoms with E-state index in [2.05, 4.69) is 19.2 Å². The van der Waals surface area contributed by atoms with Crippen LogP contribution in [-0.2, 0) is 15.7 Å². The highest BCUT2D eigenvalue weighted by atomic mass is 35.5. The van der Waals surface area contributed by atoms with Crippen molar-refractivity contribution >= 4 is 33.3 Å². The molecule has 3 N–H and O–H groups in total. The van der Waals surface area contributed by atoms with E-state index in [1.807, 2.05) is 12.1 Å². The van der Waals surface area contributed by atoms with Crippen molar-refractivity contribution in [1.82, 2.24) is 5.32 Å². The lowest BCUT2D eigenvalue weighted by Crippen LogP contribution is -2.63. The summed E-state index contributed by atoms with van der Waals surface area (Å²) in [7, 11) is -3.67.